The fourth-order valence-corrected chi connectivity index (χ4v) is 4.65. The number of aliphatic hydroxyl groups is 1. The van der Waals surface area contributed by atoms with E-state index >= 15 is 0 Å². The van der Waals surface area contributed by atoms with Crippen molar-refractivity contribution in [2.45, 2.75) is 25.0 Å². The molecule has 0 aromatic heterocycles. The van der Waals surface area contributed by atoms with Crippen LogP contribution in [0.5, 0.6) is 17.2 Å². The fourth-order valence-electron chi connectivity index (χ4n) is 4.65. The summed E-state index contributed by atoms with van der Waals surface area (Å²) in [5.41, 5.74) is 3.67. The zero-order chi connectivity index (χ0) is 26.6. The molecule has 0 radical (unpaired) electrons. The summed E-state index contributed by atoms with van der Waals surface area (Å²) in [5, 5.41) is 10.9. The van der Waals surface area contributed by atoms with Crippen molar-refractivity contribution in [3.63, 3.8) is 0 Å². The Morgan fingerprint density at radius 1 is 0.658 bits per heavy atom. The third-order valence-corrected chi connectivity index (χ3v) is 6.67. The molecular formula is C33H37NO4. The van der Waals surface area contributed by atoms with E-state index in [9.17, 15) is 5.11 Å². The second-order valence-corrected chi connectivity index (χ2v) is 9.39. The molecule has 1 atom stereocenters. The van der Waals surface area contributed by atoms with Gasteiger partial charge in [0.15, 0.2) is 0 Å². The molecule has 5 heteroatoms. The number of hydrogen-bond acceptors (Lipinski definition) is 5. The molecule has 0 amide bonds. The first-order valence-corrected chi connectivity index (χ1v) is 13.0. The minimum absolute atomic E-state index is 0.183. The maximum atomic E-state index is 10.9. The van der Waals surface area contributed by atoms with Crippen molar-refractivity contribution in [1.29, 1.82) is 0 Å². The normalized spacial score (nSPS) is 11.9. The first-order valence-electron chi connectivity index (χ1n) is 13.0. The standard InChI is InChI=1S/C33H37NO4/c1-36-30-17-13-27(14-18-30)33(28-15-19-31(37-2)20-16-28)21-22-34(23-26-9-5-3-6-10-26)24-29(35)25-38-32-11-7-4-8-12-32/h3-20,29,33,35H,21-25H2,1-2H3/t29-/m0/s1. The monoisotopic (exact) mass is 511 g/mol. The van der Waals surface area contributed by atoms with Crippen molar-refractivity contribution in [3.8, 4) is 17.2 Å². The average Bonchev–Trinajstić information content (AvgIpc) is 2.98. The zero-order valence-electron chi connectivity index (χ0n) is 22.2. The summed E-state index contributed by atoms with van der Waals surface area (Å²) in [7, 11) is 3.37. The van der Waals surface area contributed by atoms with Gasteiger partial charge in [-0.2, -0.15) is 0 Å². The maximum absolute atomic E-state index is 10.9. The number of benzene rings is 4. The molecule has 0 fully saturated rings. The molecule has 5 nitrogen and oxygen atoms in total. The van der Waals surface area contributed by atoms with Gasteiger partial charge in [-0.1, -0.05) is 72.8 Å². The highest BCUT2D eigenvalue weighted by molar-refractivity contribution is 5.38. The lowest BCUT2D eigenvalue weighted by atomic mass is 9.88. The number of hydrogen-bond donors (Lipinski definition) is 1. The molecule has 4 aromatic rings. The number of rotatable bonds is 14. The van der Waals surface area contributed by atoms with Gasteiger partial charge in [0.05, 0.1) is 14.2 Å². The predicted octanol–water partition coefficient (Wildman–Crippen LogP) is 6.17. The SMILES string of the molecule is COc1ccc(C(CCN(Cc2ccccc2)C[C@H](O)COc2ccccc2)c2ccc(OC)cc2)cc1. The Morgan fingerprint density at radius 3 is 1.71 bits per heavy atom. The lowest BCUT2D eigenvalue weighted by Gasteiger charge is -2.28. The summed E-state index contributed by atoms with van der Waals surface area (Å²) in [6.07, 6.45) is 0.275. The molecule has 0 aliphatic rings. The molecule has 0 unspecified atom stereocenters. The van der Waals surface area contributed by atoms with Crippen molar-refractivity contribution in [1.82, 2.24) is 4.90 Å². The molecular weight excluding hydrogens is 474 g/mol. The molecule has 198 valence electrons. The van der Waals surface area contributed by atoms with Crippen molar-refractivity contribution < 1.29 is 19.3 Å². The minimum Gasteiger partial charge on any atom is -0.497 e. The largest absolute Gasteiger partial charge is 0.497 e. The Balaban J connectivity index is 1.49. The molecule has 0 aliphatic heterocycles. The van der Waals surface area contributed by atoms with Gasteiger partial charge in [0, 0.05) is 19.0 Å². The van der Waals surface area contributed by atoms with E-state index in [0.29, 0.717) is 6.54 Å². The summed E-state index contributed by atoms with van der Waals surface area (Å²) in [6.45, 7) is 2.32. The predicted molar refractivity (Wildman–Crippen MR) is 152 cm³/mol. The van der Waals surface area contributed by atoms with Crippen LogP contribution < -0.4 is 14.2 Å². The number of para-hydroxylation sites is 1. The van der Waals surface area contributed by atoms with Gasteiger partial charge in [-0.25, -0.2) is 0 Å². The average molecular weight is 512 g/mol. The van der Waals surface area contributed by atoms with Crippen LogP contribution in [-0.4, -0.2) is 50.0 Å². The number of nitrogens with zero attached hydrogens (tertiary/aromatic N) is 1. The molecule has 0 bridgehead atoms. The molecule has 0 heterocycles. The van der Waals surface area contributed by atoms with E-state index in [2.05, 4.69) is 53.4 Å². The summed E-state index contributed by atoms with van der Waals surface area (Å²) >= 11 is 0. The van der Waals surface area contributed by atoms with Crippen LogP contribution >= 0.6 is 0 Å². The molecule has 0 saturated carbocycles. The Morgan fingerprint density at radius 2 is 1.18 bits per heavy atom. The van der Waals surface area contributed by atoms with Crippen LogP contribution in [0.4, 0.5) is 0 Å². The van der Waals surface area contributed by atoms with Crippen molar-refractivity contribution in [3.05, 3.63) is 126 Å². The summed E-state index contributed by atoms with van der Waals surface area (Å²) in [4.78, 5) is 2.31. The van der Waals surface area contributed by atoms with Crippen LogP contribution in [0.1, 0.15) is 29.0 Å². The van der Waals surface area contributed by atoms with Gasteiger partial charge in [0.1, 0.15) is 30.0 Å². The summed E-state index contributed by atoms with van der Waals surface area (Å²) in [6, 6.07) is 36.6. The van der Waals surface area contributed by atoms with Crippen LogP contribution in [0.3, 0.4) is 0 Å². The van der Waals surface area contributed by atoms with Crippen LogP contribution in [0.15, 0.2) is 109 Å². The van der Waals surface area contributed by atoms with Gasteiger partial charge < -0.3 is 19.3 Å². The van der Waals surface area contributed by atoms with Crippen molar-refractivity contribution in [2.75, 3.05) is 33.9 Å². The number of ether oxygens (including phenoxy) is 3. The molecule has 4 aromatic carbocycles. The van der Waals surface area contributed by atoms with E-state index in [-0.39, 0.29) is 12.5 Å². The van der Waals surface area contributed by atoms with Crippen molar-refractivity contribution in [2.24, 2.45) is 0 Å². The zero-order valence-corrected chi connectivity index (χ0v) is 22.2. The highest BCUT2D eigenvalue weighted by Crippen LogP contribution is 2.31. The van der Waals surface area contributed by atoms with Gasteiger partial charge in [0.2, 0.25) is 0 Å². The first-order chi connectivity index (χ1) is 18.6. The van der Waals surface area contributed by atoms with Gasteiger partial charge in [-0.05, 0) is 66.1 Å². The minimum atomic E-state index is -0.612. The molecule has 38 heavy (non-hydrogen) atoms. The van der Waals surface area contributed by atoms with Gasteiger partial charge in [0.25, 0.3) is 0 Å². The Kier molecular flexibility index (Phi) is 10.2. The Hall–Kier alpha value is -3.80. The van der Waals surface area contributed by atoms with E-state index < -0.39 is 6.10 Å². The van der Waals surface area contributed by atoms with E-state index in [1.807, 2.05) is 60.7 Å². The number of aliphatic hydroxyl groups excluding tert-OH is 1. The van der Waals surface area contributed by atoms with Gasteiger partial charge in [-0.15, -0.1) is 0 Å². The van der Waals surface area contributed by atoms with Gasteiger partial charge >= 0.3 is 0 Å². The summed E-state index contributed by atoms with van der Waals surface area (Å²) in [5.74, 6) is 2.63. The van der Waals surface area contributed by atoms with Gasteiger partial charge in [-0.3, -0.25) is 4.90 Å². The van der Waals surface area contributed by atoms with E-state index in [0.717, 1.165) is 36.8 Å². The molecule has 0 aliphatic carbocycles. The molecule has 0 saturated heterocycles. The van der Waals surface area contributed by atoms with Crippen molar-refractivity contribution >= 4 is 0 Å². The maximum Gasteiger partial charge on any atom is 0.119 e. The Labute approximate surface area is 226 Å². The first kappa shape index (κ1) is 27.2. The third kappa shape index (κ3) is 8.10. The highest BCUT2D eigenvalue weighted by Gasteiger charge is 2.19. The van der Waals surface area contributed by atoms with Crippen LogP contribution in [0.25, 0.3) is 0 Å². The highest BCUT2D eigenvalue weighted by atomic mass is 16.5. The number of methoxy groups -OCH3 is 2. The molecule has 1 N–H and O–H groups in total. The van der Waals surface area contributed by atoms with Crippen LogP contribution in [0, 0.1) is 0 Å². The fraction of sp³-hybridized carbons (Fsp3) is 0.273. The van der Waals surface area contributed by atoms with Crippen LogP contribution in [0.2, 0.25) is 0 Å². The van der Waals surface area contributed by atoms with Crippen LogP contribution in [-0.2, 0) is 6.54 Å². The van der Waals surface area contributed by atoms with E-state index in [4.69, 9.17) is 14.2 Å². The second kappa shape index (κ2) is 14.2. The van der Waals surface area contributed by atoms with E-state index in [1.54, 1.807) is 14.2 Å². The third-order valence-electron chi connectivity index (χ3n) is 6.67. The lowest BCUT2D eigenvalue weighted by molar-refractivity contribution is 0.0647. The smallest absolute Gasteiger partial charge is 0.119 e. The summed E-state index contributed by atoms with van der Waals surface area (Å²) < 4.78 is 16.6. The topological polar surface area (TPSA) is 51.2 Å². The van der Waals surface area contributed by atoms with E-state index in [1.165, 1.54) is 16.7 Å². The molecule has 4 rings (SSSR count). The molecule has 0 spiro atoms. The lowest BCUT2D eigenvalue weighted by Crippen LogP contribution is -2.36. The second-order valence-electron chi connectivity index (χ2n) is 9.39. The quantitative estimate of drug-likeness (QED) is 0.219. The Bertz CT molecular complexity index is 1150.